The molecule has 3 rings (SSSR count). The summed E-state index contributed by atoms with van der Waals surface area (Å²) in [5, 5.41) is 0.542. The Labute approximate surface area is 105 Å². The Balaban J connectivity index is 1.87. The highest BCUT2D eigenvalue weighted by atomic mass is 35.5. The SMILES string of the molecule is Clc1cc(Cc2cccnc2)nc(C2CC2)n1. The van der Waals surface area contributed by atoms with Gasteiger partial charge in [0.15, 0.2) is 0 Å². The topological polar surface area (TPSA) is 38.7 Å². The van der Waals surface area contributed by atoms with E-state index in [0.29, 0.717) is 11.1 Å². The number of rotatable bonds is 3. The third-order valence-corrected chi connectivity index (χ3v) is 3.01. The fourth-order valence-corrected chi connectivity index (χ4v) is 2.02. The second kappa shape index (κ2) is 4.41. The van der Waals surface area contributed by atoms with E-state index in [9.17, 15) is 0 Å². The number of hydrogen-bond acceptors (Lipinski definition) is 3. The van der Waals surface area contributed by atoms with Gasteiger partial charge in [-0.15, -0.1) is 0 Å². The Bertz CT molecular complexity index is 523. The zero-order valence-corrected chi connectivity index (χ0v) is 10.1. The molecule has 1 saturated carbocycles. The first-order valence-electron chi connectivity index (χ1n) is 5.73. The van der Waals surface area contributed by atoms with Crippen molar-refractivity contribution in [2.75, 3.05) is 0 Å². The fourth-order valence-electron chi connectivity index (χ4n) is 1.81. The molecule has 17 heavy (non-hydrogen) atoms. The van der Waals surface area contributed by atoms with Crippen LogP contribution in [-0.4, -0.2) is 15.0 Å². The maximum absolute atomic E-state index is 6.02. The standard InChI is InChI=1S/C13H12ClN3/c14-12-7-11(6-9-2-1-5-15-8-9)16-13(17-12)10-3-4-10/h1-2,5,7-8,10H,3-4,6H2. The molecule has 0 amide bonds. The van der Waals surface area contributed by atoms with E-state index in [0.717, 1.165) is 23.5 Å². The van der Waals surface area contributed by atoms with Crippen LogP contribution in [-0.2, 0) is 6.42 Å². The van der Waals surface area contributed by atoms with Gasteiger partial charge in [0.2, 0.25) is 0 Å². The highest BCUT2D eigenvalue weighted by molar-refractivity contribution is 6.29. The van der Waals surface area contributed by atoms with Crippen molar-refractivity contribution in [3.8, 4) is 0 Å². The lowest BCUT2D eigenvalue weighted by Crippen LogP contribution is -1.99. The number of halogens is 1. The second-order valence-corrected chi connectivity index (χ2v) is 4.74. The molecule has 2 aromatic rings. The van der Waals surface area contributed by atoms with Crippen LogP contribution in [0, 0.1) is 0 Å². The van der Waals surface area contributed by atoms with Crippen LogP contribution in [0.3, 0.4) is 0 Å². The predicted octanol–water partition coefficient (Wildman–Crippen LogP) is 2.99. The summed E-state index contributed by atoms with van der Waals surface area (Å²) in [6.07, 6.45) is 6.76. The first-order chi connectivity index (χ1) is 8.31. The molecule has 2 aromatic heterocycles. The van der Waals surface area contributed by atoms with Crippen LogP contribution in [0.25, 0.3) is 0 Å². The summed E-state index contributed by atoms with van der Waals surface area (Å²) in [5.74, 6) is 1.43. The Kier molecular flexibility index (Phi) is 2.77. The minimum absolute atomic E-state index is 0.529. The van der Waals surface area contributed by atoms with E-state index in [2.05, 4.69) is 15.0 Å². The summed E-state index contributed by atoms with van der Waals surface area (Å²) in [4.78, 5) is 12.9. The Morgan fingerprint density at radius 2 is 2.18 bits per heavy atom. The van der Waals surface area contributed by atoms with Gasteiger partial charge >= 0.3 is 0 Å². The molecule has 0 bridgehead atoms. The van der Waals surface area contributed by atoms with Crippen LogP contribution in [0.1, 0.15) is 35.8 Å². The first-order valence-corrected chi connectivity index (χ1v) is 6.11. The van der Waals surface area contributed by atoms with Crippen molar-refractivity contribution >= 4 is 11.6 Å². The summed E-state index contributed by atoms with van der Waals surface area (Å²) in [6, 6.07) is 5.81. The highest BCUT2D eigenvalue weighted by Gasteiger charge is 2.27. The van der Waals surface area contributed by atoms with E-state index in [1.54, 1.807) is 6.20 Å². The molecule has 2 heterocycles. The number of pyridine rings is 1. The average Bonchev–Trinajstić information content (AvgIpc) is 3.13. The van der Waals surface area contributed by atoms with Crippen molar-refractivity contribution in [3.05, 3.63) is 52.8 Å². The first kappa shape index (κ1) is 10.7. The lowest BCUT2D eigenvalue weighted by atomic mass is 10.1. The van der Waals surface area contributed by atoms with Gasteiger partial charge in [-0.25, -0.2) is 9.97 Å². The van der Waals surface area contributed by atoms with Crippen LogP contribution in [0.4, 0.5) is 0 Å². The van der Waals surface area contributed by atoms with E-state index in [4.69, 9.17) is 11.6 Å². The van der Waals surface area contributed by atoms with E-state index in [1.165, 1.54) is 12.8 Å². The molecular weight excluding hydrogens is 234 g/mol. The van der Waals surface area contributed by atoms with Gasteiger partial charge in [0.05, 0.1) is 5.69 Å². The summed E-state index contributed by atoms with van der Waals surface area (Å²) in [7, 11) is 0. The molecule has 4 heteroatoms. The van der Waals surface area contributed by atoms with Crippen molar-refractivity contribution in [3.63, 3.8) is 0 Å². The van der Waals surface area contributed by atoms with Crippen molar-refractivity contribution in [1.29, 1.82) is 0 Å². The lowest BCUT2D eigenvalue weighted by Gasteiger charge is -2.04. The normalized spacial score (nSPS) is 14.9. The number of aromatic nitrogens is 3. The summed E-state index contributed by atoms with van der Waals surface area (Å²) in [6.45, 7) is 0. The fraction of sp³-hybridized carbons (Fsp3) is 0.308. The molecule has 0 radical (unpaired) electrons. The summed E-state index contributed by atoms with van der Waals surface area (Å²) < 4.78 is 0. The van der Waals surface area contributed by atoms with E-state index in [1.807, 2.05) is 24.4 Å². The molecular formula is C13H12ClN3. The molecule has 0 unspecified atom stereocenters. The smallest absolute Gasteiger partial charge is 0.133 e. The van der Waals surface area contributed by atoms with Crippen molar-refractivity contribution in [2.24, 2.45) is 0 Å². The molecule has 0 spiro atoms. The minimum atomic E-state index is 0.529. The molecule has 86 valence electrons. The molecule has 1 aliphatic rings. The zero-order chi connectivity index (χ0) is 11.7. The largest absolute Gasteiger partial charge is 0.264 e. The highest BCUT2D eigenvalue weighted by Crippen LogP contribution is 2.38. The molecule has 0 aliphatic heterocycles. The van der Waals surface area contributed by atoms with Gasteiger partial charge in [-0.2, -0.15) is 0 Å². The molecule has 0 saturated heterocycles. The van der Waals surface area contributed by atoms with Gasteiger partial charge in [0.25, 0.3) is 0 Å². The lowest BCUT2D eigenvalue weighted by molar-refractivity contribution is 0.886. The van der Waals surface area contributed by atoms with Gasteiger partial charge < -0.3 is 0 Å². The monoisotopic (exact) mass is 245 g/mol. The summed E-state index contributed by atoms with van der Waals surface area (Å²) in [5.41, 5.74) is 2.11. The van der Waals surface area contributed by atoms with Gasteiger partial charge in [0.1, 0.15) is 11.0 Å². The van der Waals surface area contributed by atoms with Gasteiger partial charge in [-0.1, -0.05) is 17.7 Å². The third kappa shape index (κ3) is 2.61. The third-order valence-electron chi connectivity index (χ3n) is 2.82. The number of nitrogens with zero attached hydrogens (tertiary/aromatic N) is 3. The molecule has 3 nitrogen and oxygen atoms in total. The van der Waals surface area contributed by atoms with Crippen LogP contribution >= 0.6 is 11.6 Å². The zero-order valence-electron chi connectivity index (χ0n) is 9.31. The quantitative estimate of drug-likeness (QED) is 0.781. The van der Waals surface area contributed by atoms with Crippen LogP contribution in [0.15, 0.2) is 30.6 Å². The Morgan fingerprint density at radius 3 is 2.88 bits per heavy atom. The molecule has 1 fully saturated rings. The molecule has 0 aromatic carbocycles. The van der Waals surface area contributed by atoms with Crippen LogP contribution < -0.4 is 0 Å². The Hall–Kier alpha value is -1.48. The van der Waals surface area contributed by atoms with Gasteiger partial charge in [-0.3, -0.25) is 4.98 Å². The second-order valence-electron chi connectivity index (χ2n) is 4.35. The van der Waals surface area contributed by atoms with Crippen LogP contribution in [0.2, 0.25) is 5.15 Å². The van der Waals surface area contributed by atoms with Crippen molar-refractivity contribution in [1.82, 2.24) is 15.0 Å². The predicted molar refractivity (Wildman–Crippen MR) is 66.1 cm³/mol. The molecule has 1 aliphatic carbocycles. The van der Waals surface area contributed by atoms with Gasteiger partial charge in [-0.05, 0) is 30.5 Å². The van der Waals surface area contributed by atoms with Crippen molar-refractivity contribution in [2.45, 2.75) is 25.2 Å². The molecule has 0 N–H and O–H groups in total. The maximum Gasteiger partial charge on any atom is 0.133 e. The van der Waals surface area contributed by atoms with Gasteiger partial charge in [0, 0.05) is 24.7 Å². The van der Waals surface area contributed by atoms with E-state index >= 15 is 0 Å². The van der Waals surface area contributed by atoms with E-state index < -0.39 is 0 Å². The number of hydrogen-bond donors (Lipinski definition) is 0. The van der Waals surface area contributed by atoms with Crippen LogP contribution in [0.5, 0.6) is 0 Å². The van der Waals surface area contributed by atoms with E-state index in [-0.39, 0.29) is 0 Å². The van der Waals surface area contributed by atoms with Crippen molar-refractivity contribution < 1.29 is 0 Å². The Morgan fingerprint density at radius 1 is 1.29 bits per heavy atom. The molecule has 0 atom stereocenters. The minimum Gasteiger partial charge on any atom is -0.264 e. The summed E-state index contributed by atoms with van der Waals surface area (Å²) >= 11 is 6.02. The average molecular weight is 246 g/mol. The maximum atomic E-state index is 6.02.